The van der Waals surface area contributed by atoms with Gasteiger partial charge in [-0.05, 0) is 49.9 Å². The molecule has 0 saturated heterocycles. The zero-order valence-corrected chi connectivity index (χ0v) is 14.8. The van der Waals surface area contributed by atoms with Gasteiger partial charge in [0.2, 0.25) is 0 Å². The minimum absolute atomic E-state index is 0.116. The Morgan fingerprint density at radius 2 is 2.04 bits per heavy atom. The van der Waals surface area contributed by atoms with E-state index in [4.69, 9.17) is 9.15 Å². The number of hydrogen-bond acceptors (Lipinski definition) is 6. The highest BCUT2D eigenvalue weighted by atomic mass is 16.5. The van der Waals surface area contributed by atoms with Gasteiger partial charge in [-0.25, -0.2) is 4.79 Å². The normalized spacial score (nSPS) is 13.7. The number of phenols is 2. The first-order chi connectivity index (χ1) is 13.0. The Balaban J connectivity index is 1.68. The predicted octanol–water partition coefficient (Wildman–Crippen LogP) is 3.33. The van der Waals surface area contributed by atoms with Crippen LogP contribution in [0.5, 0.6) is 11.5 Å². The van der Waals surface area contributed by atoms with Crippen LogP contribution >= 0.6 is 0 Å². The van der Waals surface area contributed by atoms with Crippen LogP contribution in [0.4, 0.5) is 0 Å². The van der Waals surface area contributed by atoms with Crippen molar-refractivity contribution in [1.82, 2.24) is 4.90 Å². The van der Waals surface area contributed by atoms with E-state index in [1.807, 2.05) is 6.08 Å². The molecule has 0 saturated carbocycles. The molecule has 1 heterocycles. The van der Waals surface area contributed by atoms with Crippen molar-refractivity contribution in [3.05, 3.63) is 59.7 Å². The molecule has 27 heavy (non-hydrogen) atoms. The van der Waals surface area contributed by atoms with Crippen LogP contribution in [-0.4, -0.2) is 33.6 Å². The van der Waals surface area contributed by atoms with Crippen LogP contribution in [0.25, 0.3) is 0 Å². The van der Waals surface area contributed by atoms with Crippen molar-refractivity contribution >= 4 is 11.9 Å². The quantitative estimate of drug-likeness (QED) is 0.756. The maximum Gasteiger partial charge on any atom is 0.342 e. The third-order valence-corrected chi connectivity index (χ3v) is 4.34. The van der Waals surface area contributed by atoms with Gasteiger partial charge >= 0.3 is 5.97 Å². The molecule has 0 spiro atoms. The van der Waals surface area contributed by atoms with E-state index in [0.717, 1.165) is 37.4 Å². The minimum Gasteiger partial charge on any atom is -0.508 e. The lowest BCUT2D eigenvalue weighted by atomic mass is 10.0. The highest BCUT2D eigenvalue weighted by molar-refractivity contribution is 5.94. The molecule has 1 aromatic heterocycles. The Morgan fingerprint density at radius 1 is 1.19 bits per heavy atom. The summed E-state index contributed by atoms with van der Waals surface area (Å²) in [5, 5.41) is 19.0. The fraction of sp³-hybridized carbons (Fsp3) is 0.300. The third kappa shape index (κ3) is 4.69. The molecule has 0 fully saturated rings. The number of phenolic OH excluding ortho intramolecular Hbond substituents is 2. The third-order valence-electron chi connectivity index (χ3n) is 4.34. The van der Waals surface area contributed by atoms with E-state index in [1.54, 1.807) is 23.3 Å². The summed E-state index contributed by atoms with van der Waals surface area (Å²) in [6, 6.07) is 7.06. The Labute approximate surface area is 156 Å². The number of rotatable bonds is 6. The highest BCUT2D eigenvalue weighted by Gasteiger charge is 2.23. The van der Waals surface area contributed by atoms with E-state index >= 15 is 0 Å². The molecule has 1 aromatic carbocycles. The number of hydrogen-bond donors (Lipinski definition) is 2. The molecule has 7 heteroatoms. The number of carbonyl (C=O) groups excluding carboxylic acids is 2. The fourth-order valence-electron chi connectivity index (χ4n) is 2.95. The maximum absolute atomic E-state index is 12.7. The lowest BCUT2D eigenvalue weighted by Crippen LogP contribution is -2.34. The molecular weight excluding hydrogens is 350 g/mol. The maximum atomic E-state index is 12.7. The van der Waals surface area contributed by atoms with E-state index in [2.05, 4.69) is 0 Å². The molecule has 0 unspecified atom stereocenters. The average molecular weight is 371 g/mol. The van der Waals surface area contributed by atoms with Crippen molar-refractivity contribution in [3.8, 4) is 11.5 Å². The van der Waals surface area contributed by atoms with Crippen molar-refractivity contribution < 1.29 is 29.0 Å². The van der Waals surface area contributed by atoms with Crippen LogP contribution < -0.4 is 0 Å². The summed E-state index contributed by atoms with van der Waals surface area (Å²) in [4.78, 5) is 26.4. The number of aromatic hydroxyl groups is 2. The predicted molar refractivity (Wildman–Crippen MR) is 95.9 cm³/mol. The number of nitrogens with zero attached hydrogens (tertiary/aromatic N) is 1. The van der Waals surface area contributed by atoms with Crippen molar-refractivity contribution in [3.63, 3.8) is 0 Å². The van der Waals surface area contributed by atoms with Gasteiger partial charge in [0.1, 0.15) is 22.8 Å². The molecule has 1 aliphatic carbocycles. The smallest absolute Gasteiger partial charge is 0.342 e. The van der Waals surface area contributed by atoms with E-state index < -0.39 is 18.3 Å². The first-order valence-electron chi connectivity index (χ1n) is 8.75. The fourth-order valence-corrected chi connectivity index (χ4v) is 2.95. The van der Waals surface area contributed by atoms with Crippen molar-refractivity contribution in [2.75, 3.05) is 6.61 Å². The monoisotopic (exact) mass is 371 g/mol. The largest absolute Gasteiger partial charge is 0.508 e. The Hall–Kier alpha value is -3.22. The summed E-state index contributed by atoms with van der Waals surface area (Å²) in [7, 11) is 0. The number of carbonyl (C=O) groups is 2. The number of furan rings is 1. The van der Waals surface area contributed by atoms with E-state index in [1.165, 1.54) is 12.1 Å². The zero-order chi connectivity index (χ0) is 19.2. The first kappa shape index (κ1) is 18.6. The lowest BCUT2D eigenvalue weighted by Gasteiger charge is -2.27. The van der Waals surface area contributed by atoms with E-state index in [0.29, 0.717) is 5.76 Å². The van der Waals surface area contributed by atoms with Gasteiger partial charge in [0.05, 0.1) is 12.8 Å². The van der Waals surface area contributed by atoms with Gasteiger partial charge in [-0.1, -0.05) is 6.08 Å². The second-order valence-corrected chi connectivity index (χ2v) is 6.28. The number of ether oxygens (including phenoxy) is 1. The molecule has 142 valence electrons. The minimum atomic E-state index is -0.837. The molecule has 7 nitrogen and oxygen atoms in total. The molecule has 3 rings (SSSR count). The van der Waals surface area contributed by atoms with Crippen LogP contribution in [0.2, 0.25) is 0 Å². The van der Waals surface area contributed by atoms with Crippen LogP contribution in [0.1, 0.15) is 41.8 Å². The van der Waals surface area contributed by atoms with Gasteiger partial charge in [-0.3, -0.25) is 4.79 Å². The zero-order valence-electron chi connectivity index (χ0n) is 14.8. The molecule has 0 bridgehead atoms. The number of benzene rings is 1. The summed E-state index contributed by atoms with van der Waals surface area (Å²) in [6.07, 6.45) is 7.33. The summed E-state index contributed by atoms with van der Waals surface area (Å²) in [6.45, 7) is -0.198. The lowest BCUT2D eigenvalue weighted by molar-refractivity contribution is -0.133. The molecule has 1 amide bonds. The van der Waals surface area contributed by atoms with Crippen LogP contribution in [-0.2, 0) is 16.1 Å². The summed E-state index contributed by atoms with van der Waals surface area (Å²) >= 11 is 0. The Kier molecular flexibility index (Phi) is 5.80. The van der Waals surface area contributed by atoms with Gasteiger partial charge in [0.25, 0.3) is 5.91 Å². The highest BCUT2D eigenvalue weighted by Crippen LogP contribution is 2.25. The molecule has 2 aromatic rings. The Morgan fingerprint density at radius 3 is 2.70 bits per heavy atom. The molecule has 1 aliphatic rings. The van der Waals surface area contributed by atoms with Gasteiger partial charge in [-0.15, -0.1) is 0 Å². The number of esters is 1. The summed E-state index contributed by atoms with van der Waals surface area (Å²) < 4.78 is 10.4. The van der Waals surface area contributed by atoms with Crippen molar-refractivity contribution in [2.45, 2.75) is 32.2 Å². The van der Waals surface area contributed by atoms with E-state index in [-0.39, 0.29) is 23.8 Å². The second-order valence-electron chi connectivity index (χ2n) is 6.28. The molecule has 2 N–H and O–H groups in total. The number of amides is 1. The van der Waals surface area contributed by atoms with Gasteiger partial charge < -0.3 is 24.3 Å². The Bertz CT molecular complexity index is 840. The SMILES string of the molecule is O=C(OCC(=O)N(Cc1ccco1)C1=CCCCC1)c1ccc(O)cc1O. The average Bonchev–Trinajstić information content (AvgIpc) is 3.18. The number of allylic oxidation sites excluding steroid dienone is 2. The van der Waals surface area contributed by atoms with E-state index in [9.17, 15) is 19.8 Å². The molecular formula is C20H21NO6. The summed E-state index contributed by atoms with van der Waals surface area (Å²) in [5.74, 6) is -1.15. The topological polar surface area (TPSA) is 100 Å². The van der Waals surface area contributed by atoms with Crippen molar-refractivity contribution in [2.24, 2.45) is 0 Å². The standard InChI is InChI=1S/C20H21NO6/c22-15-8-9-17(18(23)11-15)20(25)27-13-19(24)21(12-16-7-4-10-26-16)14-5-2-1-3-6-14/h4-5,7-11,22-23H,1-3,6,12-13H2. The van der Waals surface area contributed by atoms with Crippen LogP contribution in [0.3, 0.4) is 0 Å². The van der Waals surface area contributed by atoms with Gasteiger partial charge in [0.15, 0.2) is 6.61 Å². The molecule has 0 radical (unpaired) electrons. The summed E-state index contributed by atoms with van der Waals surface area (Å²) in [5.41, 5.74) is 0.779. The van der Waals surface area contributed by atoms with Gasteiger partial charge in [-0.2, -0.15) is 0 Å². The first-order valence-corrected chi connectivity index (χ1v) is 8.75. The van der Waals surface area contributed by atoms with Gasteiger partial charge in [0, 0.05) is 11.8 Å². The van der Waals surface area contributed by atoms with Crippen molar-refractivity contribution in [1.29, 1.82) is 0 Å². The van der Waals surface area contributed by atoms with Crippen LogP contribution in [0, 0.1) is 0 Å². The molecule has 0 atom stereocenters. The molecule has 0 aliphatic heterocycles. The van der Waals surface area contributed by atoms with Crippen LogP contribution in [0.15, 0.2) is 52.8 Å². The second kappa shape index (κ2) is 8.44.